The van der Waals surface area contributed by atoms with Crippen LogP contribution >= 0.6 is 11.9 Å². The second kappa shape index (κ2) is 9.99. The Bertz CT molecular complexity index is 1300. The quantitative estimate of drug-likeness (QED) is 0.358. The minimum Gasteiger partial charge on any atom is -0.496 e. The Morgan fingerprint density at radius 1 is 1.09 bits per heavy atom. The number of benzene rings is 2. The summed E-state index contributed by atoms with van der Waals surface area (Å²) < 4.78 is 22.4. The number of aromatic nitrogens is 3. The Labute approximate surface area is 203 Å². The molecular weight excluding hydrogens is 450 g/mol. The summed E-state index contributed by atoms with van der Waals surface area (Å²) in [4.78, 5) is 0.988. The highest BCUT2D eigenvalue weighted by Gasteiger charge is 2.19. The van der Waals surface area contributed by atoms with Crippen LogP contribution in [0.3, 0.4) is 0 Å². The summed E-state index contributed by atoms with van der Waals surface area (Å²) in [5, 5.41) is 13.2. The molecule has 1 aliphatic heterocycles. The molecule has 0 atom stereocenters. The third-order valence-corrected chi connectivity index (χ3v) is 7.02. The number of methoxy groups -OCH3 is 2. The number of ether oxygens (including phenoxy) is 2. The number of nitrogens with one attached hydrogen (secondary N) is 2. The molecule has 178 valence electrons. The summed E-state index contributed by atoms with van der Waals surface area (Å²) in [5.74, 6) is 2.14. The van der Waals surface area contributed by atoms with Gasteiger partial charge in [-0.25, -0.2) is 0 Å². The van der Waals surface area contributed by atoms with Gasteiger partial charge in [0.05, 0.1) is 31.9 Å². The van der Waals surface area contributed by atoms with Crippen LogP contribution < -0.4 is 19.5 Å². The van der Waals surface area contributed by atoms with Crippen LogP contribution in [0, 0.1) is 0 Å². The molecular formula is C25H29N5O3S. The Morgan fingerprint density at radius 3 is 2.76 bits per heavy atom. The maximum Gasteiger partial charge on any atom is 0.191 e. The van der Waals surface area contributed by atoms with Gasteiger partial charge in [-0.15, -0.1) is 0 Å². The topological polar surface area (TPSA) is 86.4 Å². The van der Waals surface area contributed by atoms with Crippen molar-refractivity contribution in [2.45, 2.75) is 37.6 Å². The zero-order chi connectivity index (χ0) is 23.5. The van der Waals surface area contributed by atoms with Gasteiger partial charge in [0.2, 0.25) is 0 Å². The van der Waals surface area contributed by atoms with Crippen molar-refractivity contribution in [2.24, 2.45) is 0 Å². The van der Waals surface area contributed by atoms with Crippen LogP contribution in [0.1, 0.15) is 29.3 Å². The molecule has 0 aliphatic carbocycles. The highest BCUT2D eigenvalue weighted by atomic mass is 32.2. The lowest BCUT2D eigenvalue weighted by atomic mass is 10.1. The Balaban J connectivity index is 1.41. The van der Waals surface area contributed by atoms with Gasteiger partial charge in [-0.1, -0.05) is 18.1 Å². The van der Waals surface area contributed by atoms with Crippen LogP contribution in [0.2, 0.25) is 0 Å². The molecule has 0 spiro atoms. The lowest BCUT2D eigenvalue weighted by Crippen LogP contribution is -2.17. The summed E-state index contributed by atoms with van der Waals surface area (Å²) in [6, 6.07) is 10.2. The number of anilines is 1. The largest absolute Gasteiger partial charge is 0.496 e. The van der Waals surface area contributed by atoms with Gasteiger partial charge in [-0.2, -0.15) is 5.10 Å². The molecule has 2 N–H and O–H groups in total. The average Bonchev–Trinajstić information content (AvgIpc) is 3.36. The van der Waals surface area contributed by atoms with Gasteiger partial charge >= 0.3 is 0 Å². The molecule has 34 heavy (non-hydrogen) atoms. The van der Waals surface area contributed by atoms with Crippen LogP contribution in [0.25, 0.3) is 11.0 Å². The summed E-state index contributed by atoms with van der Waals surface area (Å²) in [6.07, 6.45) is 4.94. The van der Waals surface area contributed by atoms with Crippen molar-refractivity contribution in [2.75, 3.05) is 32.0 Å². The van der Waals surface area contributed by atoms with Crippen molar-refractivity contribution >= 4 is 28.7 Å². The van der Waals surface area contributed by atoms with E-state index < -0.39 is 0 Å². The normalized spacial score (nSPS) is 13.5. The van der Waals surface area contributed by atoms with E-state index in [-0.39, 0.29) is 0 Å². The Hall–Kier alpha value is -3.17. The number of nitrogens with zero attached hydrogens (tertiary/aromatic N) is 3. The van der Waals surface area contributed by atoms with Gasteiger partial charge in [0.25, 0.3) is 0 Å². The monoisotopic (exact) mass is 479 g/mol. The fourth-order valence-electron chi connectivity index (χ4n) is 4.35. The lowest BCUT2D eigenvalue weighted by molar-refractivity contribution is 0.404. The Kier molecular flexibility index (Phi) is 6.64. The number of aryl methyl sites for hydroxylation is 1. The van der Waals surface area contributed by atoms with E-state index in [9.17, 15) is 0 Å². The van der Waals surface area contributed by atoms with Crippen LogP contribution in [-0.2, 0) is 25.8 Å². The van der Waals surface area contributed by atoms with Gasteiger partial charge in [-0.05, 0) is 72.3 Å². The molecule has 0 unspecified atom stereocenters. The van der Waals surface area contributed by atoms with E-state index in [4.69, 9.17) is 14.0 Å². The molecule has 0 fully saturated rings. The van der Waals surface area contributed by atoms with Gasteiger partial charge in [-0.3, -0.25) is 4.68 Å². The van der Waals surface area contributed by atoms with E-state index in [2.05, 4.69) is 44.0 Å². The maximum atomic E-state index is 5.74. The van der Waals surface area contributed by atoms with E-state index in [1.165, 1.54) is 28.8 Å². The average molecular weight is 480 g/mol. The third-order valence-electron chi connectivity index (χ3n) is 6.19. The predicted molar refractivity (Wildman–Crippen MR) is 134 cm³/mol. The van der Waals surface area contributed by atoms with Crippen LogP contribution in [0.4, 0.5) is 5.82 Å². The standard InChI is InChI=1S/C25H29N5O3S/c1-4-16-5-6-20(31-2)23(13-16)34-29-25-24-21(32-3)11-17(12-22(24)33-28-25)15-30-19-8-10-26-9-7-18(19)14-27-30/h5-6,11-14,26H,4,7-10,15H2,1-3H3,(H,28,29). The SMILES string of the molecule is CCc1ccc(OC)c(SNc2noc3cc(Cn4ncc5c4CCNCC5)cc(OC)c23)c1. The first-order chi connectivity index (χ1) is 16.7. The highest BCUT2D eigenvalue weighted by molar-refractivity contribution is 8.00. The van der Waals surface area contributed by atoms with Crippen molar-refractivity contribution in [1.29, 1.82) is 0 Å². The lowest BCUT2D eigenvalue weighted by Gasteiger charge is -2.11. The molecule has 0 saturated heterocycles. The van der Waals surface area contributed by atoms with Crippen LogP contribution in [-0.4, -0.2) is 42.2 Å². The summed E-state index contributed by atoms with van der Waals surface area (Å²) in [6.45, 7) is 4.76. The molecule has 2 aromatic carbocycles. The van der Waals surface area contributed by atoms with Crippen LogP contribution in [0.5, 0.6) is 11.5 Å². The first kappa shape index (κ1) is 22.6. The fourth-order valence-corrected chi connectivity index (χ4v) is 5.16. The third kappa shape index (κ3) is 4.45. The number of fused-ring (bicyclic) bond motifs is 2. The van der Waals surface area contributed by atoms with E-state index in [0.717, 1.165) is 53.9 Å². The molecule has 0 saturated carbocycles. The molecule has 3 heterocycles. The van der Waals surface area contributed by atoms with Crippen LogP contribution in [0.15, 0.2) is 45.9 Å². The molecule has 9 heteroatoms. The molecule has 4 aromatic rings. The first-order valence-electron chi connectivity index (χ1n) is 11.5. The minimum absolute atomic E-state index is 0.617. The van der Waals surface area contributed by atoms with Crippen molar-refractivity contribution in [3.63, 3.8) is 0 Å². The molecule has 8 nitrogen and oxygen atoms in total. The molecule has 1 aliphatic rings. The Morgan fingerprint density at radius 2 is 1.94 bits per heavy atom. The van der Waals surface area contributed by atoms with Crippen molar-refractivity contribution < 1.29 is 14.0 Å². The van der Waals surface area contributed by atoms with E-state index in [1.807, 2.05) is 24.4 Å². The first-order valence-corrected chi connectivity index (χ1v) is 12.3. The minimum atomic E-state index is 0.617. The summed E-state index contributed by atoms with van der Waals surface area (Å²) in [7, 11) is 3.35. The zero-order valence-electron chi connectivity index (χ0n) is 19.7. The zero-order valence-corrected chi connectivity index (χ0v) is 20.5. The molecule has 2 aromatic heterocycles. The fraction of sp³-hybridized carbons (Fsp3) is 0.360. The van der Waals surface area contributed by atoms with Crippen molar-refractivity contribution in [3.05, 3.63) is 58.9 Å². The van der Waals surface area contributed by atoms with Gasteiger partial charge in [0, 0.05) is 18.7 Å². The van der Waals surface area contributed by atoms with Crippen molar-refractivity contribution in [3.8, 4) is 11.5 Å². The van der Waals surface area contributed by atoms with Crippen molar-refractivity contribution in [1.82, 2.24) is 20.3 Å². The molecule has 0 bridgehead atoms. The maximum absolute atomic E-state index is 5.74. The molecule has 0 amide bonds. The van der Waals surface area contributed by atoms with E-state index in [0.29, 0.717) is 23.7 Å². The summed E-state index contributed by atoms with van der Waals surface area (Å²) in [5.41, 5.74) is 5.59. The van der Waals surface area contributed by atoms with Gasteiger partial charge in [0.1, 0.15) is 16.9 Å². The number of hydrogen-bond donors (Lipinski definition) is 2. The molecule has 5 rings (SSSR count). The van der Waals surface area contributed by atoms with Gasteiger partial charge in [0.15, 0.2) is 11.4 Å². The molecule has 0 radical (unpaired) electrons. The summed E-state index contributed by atoms with van der Waals surface area (Å²) >= 11 is 1.45. The van der Waals surface area contributed by atoms with E-state index in [1.54, 1.807) is 14.2 Å². The second-order valence-electron chi connectivity index (χ2n) is 8.27. The smallest absolute Gasteiger partial charge is 0.191 e. The predicted octanol–water partition coefficient (Wildman–Crippen LogP) is 4.46. The highest BCUT2D eigenvalue weighted by Crippen LogP contribution is 2.37. The van der Waals surface area contributed by atoms with Gasteiger partial charge < -0.3 is 24.0 Å². The number of hydrogen-bond acceptors (Lipinski definition) is 8. The second-order valence-corrected chi connectivity index (χ2v) is 9.12. The van der Waals surface area contributed by atoms with E-state index >= 15 is 0 Å². The number of rotatable bonds is 8.